The van der Waals surface area contributed by atoms with Crippen LogP contribution in [0.25, 0.3) is 0 Å². The quantitative estimate of drug-likeness (QED) is 0.818. The molecule has 26 heavy (non-hydrogen) atoms. The van der Waals surface area contributed by atoms with Gasteiger partial charge in [-0.15, -0.1) is 0 Å². The molecule has 2 amide bonds. The second-order valence-electron chi connectivity index (χ2n) is 7.38. The number of nitrogens with two attached hydrogens (primary N) is 1. The Balaban J connectivity index is 1.49. The highest BCUT2D eigenvalue weighted by Gasteiger charge is 2.24. The minimum absolute atomic E-state index is 0.00818. The second-order valence-corrected chi connectivity index (χ2v) is 7.38. The molecule has 1 saturated heterocycles. The van der Waals surface area contributed by atoms with Crippen molar-refractivity contribution in [2.24, 2.45) is 11.7 Å². The summed E-state index contributed by atoms with van der Waals surface area (Å²) in [4.78, 5) is 25.8. The zero-order valence-corrected chi connectivity index (χ0v) is 15.4. The van der Waals surface area contributed by atoms with Gasteiger partial charge in [-0.05, 0) is 56.9 Å². The van der Waals surface area contributed by atoms with Crippen LogP contribution in [0.3, 0.4) is 0 Å². The van der Waals surface area contributed by atoms with Gasteiger partial charge >= 0.3 is 0 Å². The summed E-state index contributed by atoms with van der Waals surface area (Å²) < 4.78 is 5.84. The first-order chi connectivity index (χ1) is 12.5. The van der Waals surface area contributed by atoms with Crippen molar-refractivity contribution in [1.82, 2.24) is 0 Å². The number of hydrogen-bond donors (Lipinski definition) is 2. The molecule has 1 aliphatic carbocycles. The lowest BCUT2D eigenvalue weighted by molar-refractivity contribution is -0.129. The number of primary amides is 1. The van der Waals surface area contributed by atoms with Gasteiger partial charge in [-0.2, -0.15) is 0 Å². The molecule has 0 radical (unpaired) electrons. The first-order valence-corrected chi connectivity index (χ1v) is 9.63. The molecule has 1 atom stereocenters. The van der Waals surface area contributed by atoms with E-state index in [2.05, 4.69) is 10.2 Å². The van der Waals surface area contributed by atoms with Gasteiger partial charge in [0, 0.05) is 30.4 Å². The lowest BCUT2D eigenvalue weighted by Crippen LogP contribution is -2.38. The van der Waals surface area contributed by atoms with E-state index in [1.54, 1.807) is 0 Å². The first-order valence-electron chi connectivity index (χ1n) is 9.63. The minimum atomic E-state index is -0.439. The molecule has 3 N–H and O–H groups in total. The van der Waals surface area contributed by atoms with E-state index in [-0.39, 0.29) is 23.8 Å². The van der Waals surface area contributed by atoms with Gasteiger partial charge in [-0.3, -0.25) is 9.59 Å². The second kappa shape index (κ2) is 8.54. The molecular formula is C20H29N3O3. The van der Waals surface area contributed by atoms with Gasteiger partial charge < -0.3 is 20.7 Å². The predicted molar refractivity (Wildman–Crippen MR) is 102 cm³/mol. The molecule has 1 aromatic rings. The largest absolute Gasteiger partial charge is 0.371 e. The topological polar surface area (TPSA) is 84.7 Å². The molecule has 1 aliphatic heterocycles. The van der Waals surface area contributed by atoms with Gasteiger partial charge in [-0.25, -0.2) is 0 Å². The maximum atomic E-state index is 12.3. The number of benzene rings is 1. The highest BCUT2D eigenvalue weighted by atomic mass is 16.5. The molecule has 1 saturated carbocycles. The third-order valence-corrected chi connectivity index (χ3v) is 5.47. The fourth-order valence-electron chi connectivity index (χ4n) is 3.80. The van der Waals surface area contributed by atoms with Crippen LogP contribution in [0.4, 0.5) is 11.4 Å². The van der Waals surface area contributed by atoms with E-state index in [1.807, 2.05) is 31.2 Å². The molecule has 1 heterocycles. The number of piperidine rings is 1. The Morgan fingerprint density at radius 1 is 1.12 bits per heavy atom. The molecule has 0 spiro atoms. The molecule has 2 fully saturated rings. The summed E-state index contributed by atoms with van der Waals surface area (Å²) in [6.45, 7) is 3.46. The number of anilines is 2. The molecule has 3 rings (SSSR count). The van der Waals surface area contributed by atoms with Crippen LogP contribution < -0.4 is 16.0 Å². The Morgan fingerprint density at radius 2 is 1.73 bits per heavy atom. The van der Waals surface area contributed by atoms with Crippen molar-refractivity contribution in [3.8, 4) is 0 Å². The van der Waals surface area contributed by atoms with Gasteiger partial charge in [0.05, 0.1) is 6.10 Å². The summed E-state index contributed by atoms with van der Waals surface area (Å²) in [7, 11) is 0. The molecule has 1 aromatic carbocycles. The zero-order valence-electron chi connectivity index (χ0n) is 15.4. The van der Waals surface area contributed by atoms with E-state index in [0.717, 1.165) is 50.1 Å². The maximum Gasteiger partial charge on any atom is 0.253 e. The van der Waals surface area contributed by atoms with E-state index < -0.39 is 6.10 Å². The van der Waals surface area contributed by atoms with Gasteiger partial charge in [0.15, 0.2) is 0 Å². The van der Waals surface area contributed by atoms with E-state index in [0.29, 0.717) is 0 Å². The van der Waals surface area contributed by atoms with Gasteiger partial charge in [0.25, 0.3) is 5.91 Å². The van der Waals surface area contributed by atoms with Crippen LogP contribution in [0, 0.1) is 5.92 Å². The van der Waals surface area contributed by atoms with E-state index in [4.69, 9.17) is 10.5 Å². The van der Waals surface area contributed by atoms with Gasteiger partial charge in [0.1, 0.15) is 6.10 Å². The number of nitrogens with one attached hydrogen (secondary N) is 1. The summed E-state index contributed by atoms with van der Waals surface area (Å²) >= 11 is 0. The summed E-state index contributed by atoms with van der Waals surface area (Å²) in [6, 6.07) is 7.83. The number of carbonyl (C=O) groups is 2. The molecule has 1 unspecified atom stereocenters. The molecule has 0 bridgehead atoms. The molecule has 6 heteroatoms. The lowest BCUT2D eigenvalue weighted by atomic mass is 9.96. The standard InChI is InChI=1S/C20H29N3O3/c1-14(26-18-4-2-3-5-18)20(25)22-16-6-8-17(9-7-16)23-12-10-15(11-13-23)19(21)24/h6-9,14-15,18H,2-5,10-13H2,1H3,(H2,21,24)(H,22,25). The van der Waals surface area contributed by atoms with Crippen molar-refractivity contribution in [2.75, 3.05) is 23.3 Å². The molecule has 142 valence electrons. The predicted octanol–water partition coefficient (Wildman–Crippen LogP) is 2.67. The number of ether oxygens (including phenoxy) is 1. The Labute approximate surface area is 155 Å². The molecular weight excluding hydrogens is 330 g/mol. The third kappa shape index (κ3) is 4.75. The monoisotopic (exact) mass is 359 g/mol. The van der Waals surface area contributed by atoms with Crippen LogP contribution in [0.2, 0.25) is 0 Å². The van der Waals surface area contributed by atoms with Crippen molar-refractivity contribution in [3.05, 3.63) is 24.3 Å². The van der Waals surface area contributed by atoms with Crippen molar-refractivity contribution < 1.29 is 14.3 Å². The van der Waals surface area contributed by atoms with Gasteiger partial charge in [0.2, 0.25) is 5.91 Å². The fraction of sp³-hybridized carbons (Fsp3) is 0.600. The SMILES string of the molecule is CC(OC1CCCC1)C(=O)Nc1ccc(N2CCC(C(N)=O)CC2)cc1. The summed E-state index contributed by atoms with van der Waals surface area (Å²) in [5.74, 6) is -0.310. The number of rotatable bonds is 6. The Kier molecular flexibility index (Phi) is 6.14. The average Bonchev–Trinajstić information content (AvgIpc) is 3.15. The third-order valence-electron chi connectivity index (χ3n) is 5.47. The zero-order chi connectivity index (χ0) is 18.5. The number of nitrogens with zero attached hydrogens (tertiary/aromatic N) is 1. The first kappa shape index (κ1) is 18.7. The van der Waals surface area contributed by atoms with Crippen molar-refractivity contribution in [1.29, 1.82) is 0 Å². The normalized spacial score (nSPS) is 20.1. The number of carbonyl (C=O) groups excluding carboxylic acids is 2. The summed E-state index contributed by atoms with van der Waals surface area (Å²) in [6.07, 6.45) is 5.87. The van der Waals surface area contributed by atoms with Gasteiger partial charge in [-0.1, -0.05) is 12.8 Å². The van der Waals surface area contributed by atoms with Crippen LogP contribution in [0.15, 0.2) is 24.3 Å². The highest BCUT2D eigenvalue weighted by Crippen LogP contribution is 2.25. The van der Waals surface area contributed by atoms with Crippen LogP contribution >= 0.6 is 0 Å². The Hall–Kier alpha value is -2.08. The van der Waals surface area contributed by atoms with Crippen LogP contribution in [0.1, 0.15) is 45.4 Å². The summed E-state index contributed by atoms with van der Waals surface area (Å²) in [5, 5.41) is 2.92. The summed E-state index contributed by atoms with van der Waals surface area (Å²) in [5.41, 5.74) is 7.25. The van der Waals surface area contributed by atoms with Crippen LogP contribution in [0.5, 0.6) is 0 Å². The molecule has 2 aliphatic rings. The minimum Gasteiger partial charge on any atom is -0.371 e. The van der Waals surface area contributed by atoms with E-state index in [1.165, 1.54) is 12.8 Å². The Morgan fingerprint density at radius 3 is 2.31 bits per heavy atom. The highest BCUT2D eigenvalue weighted by molar-refractivity contribution is 5.94. The van der Waals surface area contributed by atoms with Crippen molar-refractivity contribution >= 4 is 23.2 Å². The molecule has 6 nitrogen and oxygen atoms in total. The number of hydrogen-bond acceptors (Lipinski definition) is 4. The van der Waals surface area contributed by atoms with E-state index >= 15 is 0 Å². The van der Waals surface area contributed by atoms with Crippen LogP contribution in [-0.2, 0) is 14.3 Å². The fourth-order valence-corrected chi connectivity index (χ4v) is 3.80. The molecule has 0 aromatic heterocycles. The lowest BCUT2D eigenvalue weighted by Gasteiger charge is -2.32. The Bertz CT molecular complexity index is 618. The van der Waals surface area contributed by atoms with E-state index in [9.17, 15) is 9.59 Å². The van der Waals surface area contributed by atoms with Crippen molar-refractivity contribution in [2.45, 2.75) is 57.7 Å². The maximum absolute atomic E-state index is 12.3. The van der Waals surface area contributed by atoms with Crippen LogP contribution in [-0.4, -0.2) is 37.1 Å². The van der Waals surface area contributed by atoms with Crippen molar-refractivity contribution in [3.63, 3.8) is 0 Å². The average molecular weight is 359 g/mol. The smallest absolute Gasteiger partial charge is 0.253 e. The number of amides is 2.